The summed E-state index contributed by atoms with van der Waals surface area (Å²) in [7, 11) is 1.93. The molecule has 1 aromatic carbocycles. The van der Waals surface area contributed by atoms with Crippen LogP contribution in [0.5, 0.6) is 0 Å². The molecule has 96 valence electrons. The zero-order valence-electron chi connectivity index (χ0n) is 10.5. The van der Waals surface area contributed by atoms with Gasteiger partial charge in [-0.05, 0) is 24.1 Å². The molecule has 0 aliphatic heterocycles. The lowest BCUT2D eigenvalue weighted by molar-refractivity contribution is 0.581. The Labute approximate surface area is 113 Å². The molecule has 0 saturated heterocycles. The molecular weight excluding hydrogens is 246 g/mol. The Kier molecular flexibility index (Phi) is 4.79. The van der Waals surface area contributed by atoms with Gasteiger partial charge in [-0.3, -0.25) is 4.68 Å². The van der Waals surface area contributed by atoms with Gasteiger partial charge in [0.05, 0.1) is 6.20 Å². The highest BCUT2D eigenvalue weighted by Crippen LogP contribution is 2.13. The van der Waals surface area contributed by atoms with E-state index < -0.39 is 0 Å². The van der Waals surface area contributed by atoms with Crippen LogP contribution in [0.3, 0.4) is 0 Å². The number of alkyl halides is 1. The highest BCUT2D eigenvalue weighted by atomic mass is 35.5. The maximum Gasteiger partial charge on any atom is 0.0522 e. The molecule has 1 unspecified atom stereocenters. The van der Waals surface area contributed by atoms with Crippen LogP contribution >= 0.6 is 11.6 Å². The van der Waals surface area contributed by atoms with Gasteiger partial charge in [0.15, 0.2) is 0 Å². The van der Waals surface area contributed by atoms with Gasteiger partial charge in [0.25, 0.3) is 0 Å². The average Bonchev–Trinajstić information content (AvgIpc) is 2.81. The minimum atomic E-state index is 0.213. The molecule has 4 heteroatoms. The number of rotatable bonds is 6. The van der Waals surface area contributed by atoms with Crippen molar-refractivity contribution in [1.82, 2.24) is 15.1 Å². The van der Waals surface area contributed by atoms with Crippen LogP contribution in [0.15, 0.2) is 42.7 Å². The molecule has 2 aromatic rings. The molecule has 0 amide bonds. The fraction of sp³-hybridized carbons (Fsp3) is 0.357. The molecule has 1 N–H and O–H groups in total. The van der Waals surface area contributed by atoms with Gasteiger partial charge in [0.2, 0.25) is 0 Å². The summed E-state index contributed by atoms with van der Waals surface area (Å²) in [6.07, 6.45) is 4.91. The summed E-state index contributed by atoms with van der Waals surface area (Å²) in [5.41, 5.74) is 2.48. The minimum Gasteiger partial charge on any atom is -0.309 e. The zero-order chi connectivity index (χ0) is 12.8. The number of aromatic nitrogens is 2. The van der Waals surface area contributed by atoms with E-state index in [-0.39, 0.29) is 6.04 Å². The molecule has 1 aromatic heterocycles. The van der Waals surface area contributed by atoms with E-state index in [1.165, 1.54) is 11.1 Å². The Morgan fingerprint density at radius 3 is 2.72 bits per heavy atom. The molecule has 2 rings (SSSR count). The summed E-state index contributed by atoms with van der Waals surface area (Å²) in [5, 5.41) is 7.63. The summed E-state index contributed by atoms with van der Waals surface area (Å²) in [4.78, 5) is 0. The van der Waals surface area contributed by atoms with E-state index in [0.717, 1.165) is 13.0 Å². The molecule has 0 fully saturated rings. The monoisotopic (exact) mass is 263 g/mol. The summed E-state index contributed by atoms with van der Waals surface area (Å²) >= 11 is 6.01. The summed E-state index contributed by atoms with van der Waals surface area (Å²) in [5.74, 6) is 0.580. The van der Waals surface area contributed by atoms with Crippen molar-refractivity contribution in [3.05, 3.63) is 53.9 Å². The first-order valence-corrected chi connectivity index (χ1v) is 6.65. The van der Waals surface area contributed by atoms with Gasteiger partial charge < -0.3 is 5.32 Å². The summed E-state index contributed by atoms with van der Waals surface area (Å²) in [6, 6.07) is 10.5. The van der Waals surface area contributed by atoms with Crippen molar-refractivity contribution in [2.45, 2.75) is 12.5 Å². The Bertz CT molecular complexity index is 467. The molecule has 0 saturated carbocycles. The van der Waals surface area contributed by atoms with Crippen molar-refractivity contribution in [2.75, 3.05) is 12.4 Å². The number of halogens is 1. The van der Waals surface area contributed by atoms with E-state index in [2.05, 4.69) is 22.5 Å². The highest BCUT2D eigenvalue weighted by molar-refractivity contribution is 6.18. The molecule has 0 aliphatic carbocycles. The van der Waals surface area contributed by atoms with E-state index >= 15 is 0 Å². The fourth-order valence-corrected chi connectivity index (χ4v) is 2.23. The van der Waals surface area contributed by atoms with Gasteiger partial charge in [0, 0.05) is 25.2 Å². The lowest BCUT2D eigenvalue weighted by atomic mass is 10.1. The van der Waals surface area contributed by atoms with Crippen molar-refractivity contribution >= 4 is 11.6 Å². The zero-order valence-corrected chi connectivity index (χ0v) is 11.3. The van der Waals surface area contributed by atoms with Gasteiger partial charge in [-0.15, -0.1) is 11.6 Å². The topological polar surface area (TPSA) is 29.9 Å². The largest absolute Gasteiger partial charge is 0.309 e. The maximum atomic E-state index is 6.01. The van der Waals surface area contributed by atoms with Crippen LogP contribution in [0.2, 0.25) is 0 Å². The van der Waals surface area contributed by atoms with Crippen molar-refractivity contribution < 1.29 is 0 Å². The van der Waals surface area contributed by atoms with Crippen molar-refractivity contribution in [3.8, 4) is 0 Å². The second-order valence-corrected chi connectivity index (χ2v) is 4.65. The Morgan fingerprint density at radius 2 is 2.11 bits per heavy atom. The third kappa shape index (κ3) is 3.59. The smallest absolute Gasteiger partial charge is 0.0522 e. The van der Waals surface area contributed by atoms with E-state index in [1.54, 1.807) is 0 Å². The molecule has 0 bridgehead atoms. The van der Waals surface area contributed by atoms with Crippen LogP contribution in [0, 0.1) is 0 Å². The molecule has 0 radical (unpaired) electrons. The average molecular weight is 264 g/mol. The molecular formula is C14H18ClN3. The normalized spacial score (nSPS) is 12.6. The number of hydrogen-bond acceptors (Lipinski definition) is 2. The number of hydrogen-bond donors (Lipinski definition) is 1. The lowest BCUT2D eigenvalue weighted by Crippen LogP contribution is -2.24. The lowest BCUT2D eigenvalue weighted by Gasteiger charge is -2.16. The van der Waals surface area contributed by atoms with Gasteiger partial charge in [-0.1, -0.05) is 30.3 Å². The van der Waals surface area contributed by atoms with E-state index in [1.807, 2.05) is 42.3 Å². The number of nitrogens with one attached hydrogen (secondary N) is 1. The van der Waals surface area contributed by atoms with Gasteiger partial charge in [-0.2, -0.15) is 5.10 Å². The molecule has 18 heavy (non-hydrogen) atoms. The molecule has 1 atom stereocenters. The second kappa shape index (κ2) is 6.57. The predicted octanol–water partition coefficient (Wildman–Crippen LogP) is 2.53. The maximum absolute atomic E-state index is 6.01. The molecule has 0 spiro atoms. The minimum absolute atomic E-state index is 0.213. The van der Waals surface area contributed by atoms with Crippen molar-refractivity contribution in [3.63, 3.8) is 0 Å². The third-order valence-electron chi connectivity index (χ3n) is 2.92. The Morgan fingerprint density at radius 1 is 1.33 bits per heavy atom. The second-order valence-electron chi connectivity index (χ2n) is 4.34. The standard InChI is InChI=1S/C14H18ClN3/c1-18-11-12(10-17-18)7-8-16-14(9-15)13-5-3-2-4-6-13/h2-6,10-11,14,16H,7-9H2,1H3. The van der Waals surface area contributed by atoms with Gasteiger partial charge in [0.1, 0.15) is 0 Å². The first-order chi connectivity index (χ1) is 8.79. The number of benzene rings is 1. The van der Waals surface area contributed by atoms with Crippen LogP contribution in [0.1, 0.15) is 17.2 Å². The van der Waals surface area contributed by atoms with E-state index in [0.29, 0.717) is 5.88 Å². The SMILES string of the molecule is Cn1cc(CCNC(CCl)c2ccccc2)cn1. The van der Waals surface area contributed by atoms with Crippen LogP contribution < -0.4 is 5.32 Å². The van der Waals surface area contributed by atoms with Crippen molar-refractivity contribution in [2.24, 2.45) is 7.05 Å². The number of nitrogens with zero attached hydrogens (tertiary/aromatic N) is 2. The molecule has 1 heterocycles. The Hall–Kier alpha value is -1.32. The molecule has 0 aliphatic rings. The first-order valence-electron chi connectivity index (χ1n) is 6.11. The van der Waals surface area contributed by atoms with E-state index in [9.17, 15) is 0 Å². The quantitative estimate of drug-likeness (QED) is 0.812. The highest BCUT2D eigenvalue weighted by Gasteiger charge is 2.08. The summed E-state index contributed by atoms with van der Waals surface area (Å²) in [6.45, 7) is 0.901. The van der Waals surface area contributed by atoms with Gasteiger partial charge >= 0.3 is 0 Å². The van der Waals surface area contributed by atoms with Gasteiger partial charge in [-0.25, -0.2) is 0 Å². The fourth-order valence-electron chi connectivity index (χ4n) is 1.94. The van der Waals surface area contributed by atoms with Crippen molar-refractivity contribution in [1.29, 1.82) is 0 Å². The van der Waals surface area contributed by atoms with Crippen LogP contribution in [-0.4, -0.2) is 22.2 Å². The van der Waals surface area contributed by atoms with E-state index in [4.69, 9.17) is 11.6 Å². The van der Waals surface area contributed by atoms with Crippen LogP contribution in [0.4, 0.5) is 0 Å². The third-order valence-corrected chi connectivity index (χ3v) is 3.23. The molecule has 3 nitrogen and oxygen atoms in total. The Balaban J connectivity index is 1.84. The van der Waals surface area contributed by atoms with Crippen LogP contribution in [-0.2, 0) is 13.5 Å². The number of aryl methyl sites for hydroxylation is 1. The van der Waals surface area contributed by atoms with Crippen LogP contribution in [0.25, 0.3) is 0 Å². The first kappa shape index (κ1) is 13.1. The summed E-state index contributed by atoms with van der Waals surface area (Å²) < 4.78 is 1.82. The predicted molar refractivity (Wildman–Crippen MR) is 74.8 cm³/mol.